The predicted octanol–water partition coefficient (Wildman–Crippen LogP) is 3.37. The highest BCUT2D eigenvalue weighted by Crippen LogP contribution is 2.37. The topological polar surface area (TPSA) is 123 Å². The molecule has 9 nitrogen and oxygen atoms in total. The summed E-state index contributed by atoms with van der Waals surface area (Å²) in [5.41, 5.74) is 1.53. The van der Waals surface area contributed by atoms with Crippen molar-refractivity contribution in [3.05, 3.63) is 53.6 Å². The van der Waals surface area contributed by atoms with E-state index >= 15 is 0 Å². The summed E-state index contributed by atoms with van der Waals surface area (Å²) in [6.45, 7) is 6.40. The number of ether oxygens (including phenoxy) is 3. The Kier molecular flexibility index (Phi) is 8.34. The summed E-state index contributed by atoms with van der Waals surface area (Å²) in [4.78, 5) is 36.7. The SMILES string of the molecule is COC(=O)C(C)Nc1ccccc1C(=O)[C@H](CC(=O)O)NCCC(C)(C)c1ccc2c(c1)OCO2. The molecule has 0 saturated carbocycles. The molecule has 1 aliphatic rings. The molecule has 3 N–H and O–H groups in total. The van der Waals surface area contributed by atoms with Crippen LogP contribution in [0.1, 0.15) is 49.5 Å². The number of para-hydroxylation sites is 1. The quantitative estimate of drug-likeness (QED) is 0.307. The summed E-state index contributed by atoms with van der Waals surface area (Å²) in [5, 5.41) is 15.5. The molecular formula is C26H32N2O7. The Morgan fingerprint density at radius 1 is 1.11 bits per heavy atom. The lowest BCUT2D eigenvalue weighted by Gasteiger charge is -2.27. The first-order chi connectivity index (χ1) is 16.6. The molecule has 1 heterocycles. The molecule has 1 aliphatic heterocycles. The first-order valence-electron chi connectivity index (χ1n) is 11.5. The smallest absolute Gasteiger partial charge is 0.327 e. The maximum absolute atomic E-state index is 13.4. The van der Waals surface area contributed by atoms with Crippen LogP contribution in [0, 0.1) is 0 Å². The van der Waals surface area contributed by atoms with Crippen LogP contribution in [-0.4, -0.2) is 55.4 Å². The van der Waals surface area contributed by atoms with Crippen LogP contribution < -0.4 is 20.1 Å². The van der Waals surface area contributed by atoms with Crippen molar-refractivity contribution in [3.63, 3.8) is 0 Å². The zero-order chi connectivity index (χ0) is 25.6. The number of benzene rings is 2. The van der Waals surface area contributed by atoms with Crippen molar-refractivity contribution in [1.29, 1.82) is 0 Å². The molecule has 0 saturated heterocycles. The van der Waals surface area contributed by atoms with Gasteiger partial charge in [-0.05, 0) is 55.1 Å². The van der Waals surface area contributed by atoms with Crippen molar-refractivity contribution >= 4 is 23.4 Å². The number of aliphatic carboxylic acids is 1. The van der Waals surface area contributed by atoms with Gasteiger partial charge < -0.3 is 30.0 Å². The monoisotopic (exact) mass is 484 g/mol. The van der Waals surface area contributed by atoms with Crippen molar-refractivity contribution in [3.8, 4) is 11.5 Å². The van der Waals surface area contributed by atoms with Crippen LogP contribution >= 0.6 is 0 Å². The van der Waals surface area contributed by atoms with E-state index < -0.39 is 24.0 Å². The number of carboxylic acids is 1. The Balaban J connectivity index is 1.71. The van der Waals surface area contributed by atoms with E-state index in [9.17, 15) is 19.5 Å². The van der Waals surface area contributed by atoms with Crippen LogP contribution in [0.2, 0.25) is 0 Å². The second kappa shape index (κ2) is 11.2. The van der Waals surface area contributed by atoms with Crippen molar-refractivity contribution in [2.24, 2.45) is 0 Å². The van der Waals surface area contributed by atoms with Crippen molar-refractivity contribution in [2.45, 2.75) is 51.1 Å². The number of methoxy groups -OCH3 is 1. The minimum atomic E-state index is -1.08. The maximum atomic E-state index is 13.4. The molecule has 0 amide bonds. The summed E-state index contributed by atoms with van der Waals surface area (Å²) in [5.74, 6) is -0.512. The Labute approximate surface area is 204 Å². The number of Topliss-reactive ketones (excluding diaryl/α,β-unsaturated/α-hetero) is 1. The van der Waals surface area contributed by atoms with Gasteiger partial charge in [0.05, 0.1) is 19.6 Å². The molecule has 3 rings (SSSR count). The van der Waals surface area contributed by atoms with Gasteiger partial charge in [-0.1, -0.05) is 32.0 Å². The van der Waals surface area contributed by atoms with Crippen LogP contribution in [0.15, 0.2) is 42.5 Å². The largest absolute Gasteiger partial charge is 0.481 e. The van der Waals surface area contributed by atoms with E-state index in [1.54, 1.807) is 31.2 Å². The molecule has 1 unspecified atom stereocenters. The van der Waals surface area contributed by atoms with Gasteiger partial charge in [-0.3, -0.25) is 9.59 Å². The van der Waals surface area contributed by atoms with E-state index in [4.69, 9.17) is 14.2 Å². The number of carboxylic acid groups (broad SMARTS) is 1. The van der Waals surface area contributed by atoms with Gasteiger partial charge >= 0.3 is 11.9 Å². The van der Waals surface area contributed by atoms with E-state index in [2.05, 4.69) is 24.5 Å². The summed E-state index contributed by atoms with van der Waals surface area (Å²) in [7, 11) is 1.29. The third kappa shape index (κ3) is 6.51. The molecule has 35 heavy (non-hydrogen) atoms. The van der Waals surface area contributed by atoms with E-state index in [-0.39, 0.29) is 24.4 Å². The van der Waals surface area contributed by atoms with Crippen LogP contribution in [0.5, 0.6) is 11.5 Å². The fourth-order valence-corrected chi connectivity index (χ4v) is 3.93. The fraction of sp³-hybridized carbons (Fsp3) is 0.423. The Hall–Kier alpha value is -3.59. The molecule has 9 heteroatoms. The maximum Gasteiger partial charge on any atom is 0.327 e. The summed E-state index contributed by atoms with van der Waals surface area (Å²) >= 11 is 0. The highest BCUT2D eigenvalue weighted by Gasteiger charge is 2.28. The lowest BCUT2D eigenvalue weighted by molar-refractivity contribution is -0.141. The normalized spacial score (nSPS) is 14.2. The lowest BCUT2D eigenvalue weighted by Crippen LogP contribution is -2.41. The van der Waals surface area contributed by atoms with Crippen molar-refractivity contribution < 1.29 is 33.7 Å². The second-order valence-electron chi connectivity index (χ2n) is 9.11. The average Bonchev–Trinajstić information content (AvgIpc) is 3.30. The second-order valence-corrected chi connectivity index (χ2v) is 9.11. The number of hydrogen-bond donors (Lipinski definition) is 3. The average molecular weight is 485 g/mol. The summed E-state index contributed by atoms with van der Waals surface area (Å²) in [6, 6.07) is 10.9. The zero-order valence-electron chi connectivity index (χ0n) is 20.4. The number of anilines is 1. The van der Waals surface area contributed by atoms with Gasteiger partial charge in [0.25, 0.3) is 0 Å². The molecule has 0 fully saturated rings. The molecule has 2 aromatic carbocycles. The van der Waals surface area contributed by atoms with Crippen molar-refractivity contribution in [2.75, 3.05) is 25.8 Å². The molecule has 0 spiro atoms. The first kappa shape index (κ1) is 26.0. The molecule has 0 aromatic heterocycles. The van der Waals surface area contributed by atoms with E-state index in [1.165, 1.54) is 7.11 Å². The van der Waals surface area contributed by atoms with Gasteiger partial charge in [0, 0.05) is 11.3 Å². The molecule has 188 valence electrons. The van der Waals surface area contributed by atoms with Crippen LogP contribution in [0.3, 0.4) is 0 Å². The molecule has 0 aliphatic carbocycles. The van der Waals surface area contributed by atoms with Gasteiger partial charge in [0.2, 0.25) is 6.79 Å². The van der Waals surface area contributed by atoms with Gasteiger partial charge in [-0.15, -0.1) is 0 Å². The Morgan fingerprint density at radius 2 is 1.83 bits per heavy atom. The third-order valence-electron chi connectivity index (χ3n) is 6.11. The lowest BCUT2D eigenvalue weighted by atomic mass is 9.81. The number of carbonyl (C=O) groups excluding carboxylic acids is 2. The van der Waals surface area contributed by atoms with E-state index in [1.807, 2.05) is 18.2 Å². The van der Waals surface area contributed by atoms with Gasteiger partial charge in [-0.25, -0.2) is 4.79 Å². The highest BCUT2D eigenvalue weighted by molar-refractivity contribution is 6.06. The van der Waals surface area contributed by atoms with E-state index in [0.717, 1.165) is 5.56 Å². The number of rotatable bonds is 12. The minimum absolute atomic E-state index is 0.203. The van der Waals surface area contributed by atoms with Gasteiger partial charge in [0.15, 0.2) is 17.3 Å². The molecule has 2 atom stereocenters. The highest BCUT2D eigenvalue weighted by atomic mass is 16.7. The molecule has 2 aromatic rings. The number of carbonyl (C=O) groups is 3. The minimum Gasteiger partial charge on any atom is -0.481 e. The predicted molar refractivity (Wildman–Crippen MR) is 130 cm³/mol. The summed E-state index contributed by atoms with van der Waals surface area (Å²) in [6.07, 6.45) is 0.277. The Morgan fingerprint density at radius 3 is 2.54 bits per heavy atom. The number of esters is 1. The standard InChI is InChI=1S/C26H32N2O7/c1-16(25(32)33-4)28-19-8-6-5-7-18(19)24(31)20(14-23(29)30)27-12-11-26(2,3)17-9-10-21-22(13-17)35-15-34-21/h5-10,13,16,20,27-28H,11-12,14-15H2,1-4H3,(H,29,30)/t16?,20-/m0/s1. The first-order valence-corrected chi connectivity index (χ1v) is 11.5. The van der Waals surface area contributed by atoms with Gasteiger partial charge in [0.1, 0.15) is 6.04 Å². The van der Waals surface area contributed by atoms with Crippen LogP contribution in [0.4, 0.5) is 5.69 Å². The molecular weight excluding hydrogens is 452 g/mol. The van der Waals surface area contributed by atoms with Crippen LogP contribution in [0.25, 0.3) is 0 Å². The molecule has 0 radical (unpaired) electrons. The van der Waals surface area contributed by atoms with E-state index in [0.29, 0.717) is 35.7 Å². The fourth-order valence-electron chi connectivity index (χ4n) is 3.93. The van der Waals surface area contributed by atoms with Crippen molar-refractivity contribution in [1.82, 2.24) is 5.32 Å². The number of fused-ring (bicyclic) bond motifs is 1. The Bertz CT molecular complexity index is 1080. The number of hydrogen-bond acceptors (Lipinski definition) is 8. The van der Waals surface area contributed by atoms with Crippen LogP contribution in [-0.2, 0) is 19.7 Å². The van der Waals surface area contributed by atoms with Gasteiger partial charge in [-0.2, -0.15) is 0 Å². The summed E-state index contributed by atoms with van der Waals surface area (Å²) < 4.78 is 15.6. The third-order valence-corrected chi connectivity index (χ3v) is 6.11. The number of nitrogens with one attached hydrogen (secondary N) is 2. The zero-order valence-corrected chi connectivity index (χ0v) is 20.4. The molecule has 0 bridgehead atoms. The number of ketones is 1.